The first-order chi connectivity index (χ1) is 4.84. The second kappa shape index (κ2) is 2.93. The molecular weight excluding hydrogens is 132 g/mol. The van der Waals surface area contributed by atoms with Crippen molar-refractivity contribution in [1.29, 1.82) is 5.41 Å². The second-order valence-corrected chi connectivity index (χ2v) is 1.69. The van der Waals surface area contributed by atoms with E-state index in [2.05, 4.69) is 10.1 Å². The van der Waals surface area contributed by atoms with Gasteiger partial charge in [-0.1, -0.05) is 12.2 Å². The van der Waals surface area contributed by atoms with Crippen molar-refractivity contribution in [2.45, 2.75) is 0 Å². The van der Waals surface area contributed by atoms with Crippen LogP contribution in [-0.2, 0) is 4.99 Å². The van der Waals surface area contributed by atoms with Gasteiger partial charge in [-0.3, -0.25) is 5.41 Å². The first-order valence-corrected chi connectivity index (χ1v) is 2.67. The van der Waals surface area contributed by atoms with Crippen molar-refractivity contribution in [2.75, 3.05) is 0 Å². The molecule has 1 aliphatic rings. The third kappa shape index (κ3) is 1.29. The molecule has 0 atom stereocenters. The summed E-state index contributed by atoms with van der Waals surface area (Å²) >= 11 is 0. The van der Waals surface area contributed by atoms with Gasteiger partial charge in [-0.05, 0) is 17.3 Å². The van der Waals surface area contributed by atoms with E-state index in [-0.39, 0.29) is 5.71 Å². The first kappa shape index (κ1) is 6.70. The minimum Gasteiger partial charge on any atom is -0.299 e. The Morgan fingerprint density at radius 1 is 1.40 bits per heavy atom. The van der Waals surface area contributed by atoms with Crippen LogP contribution in [0.5, 0.6) is 0 Å². The molecule has 0 fully saturated rings. The third-order valence-electron chi connectivity index (χ3n) is 1.04. The molecule has 1 aliphatic carbocycles. The van der Waals surface area contributed by atoms with Gasteiger partial charge in [0.25, 0.3) is 0 Å². The fourth-order valence-electron chi connectivity index (χ4n) is 0.597. The molecule has 52 valence electrons. The van der Waals surface area contributed by atoms with Crippen LogP contribution < -0.4 is 0 Å². The molecule has 0 aliphatic heterocycles. The van der Waals surface area contributed by atoms with E-state index in [1.807, 2.05) is 0 Å². The topological polar surface area (TPSA) is 65.7 Å². The molecule has 0 unspecified atom stereocenters. The van der Waals surface area contributed by atoms with Crippen LogP contribution in [0.1, 0.15) is 0 Å². The maximum atomic E-state index is 7.89. The molecule has 0 radical (unpaired) electrons. The zero-order valence-electron chi connectivity index (χ0n) is 5.11. The number of hydrogen-bond acceptors (Lipinski definition) is 4. The molecule has 0 bridgehead atoms. The average Bonchev–Trinajstić information content (AvgIpc) is 1.94. The van der Waals surface area contributed by atoms with Crippen LogP contribution >= 0.6 is 0 Å². The van der Waals surface area contributed by atoms with E-state index < -0.39 is 0 Å². The molecule has 10 heavy (non-hydrogen) atoms. The molecule has 2 N–H and O–H groups in total. The van der Waals surface area contributed by atoms with Crippen molar-refractivity contribution in [3.63, 3.8) is 0 Å². The molecule has 0 saturated carbocycles. The Kier molecular flexibility index (Phi) is 1.96. The van der Waals surface area contributed by atoms with Crippen LogP contribution in [0.15, 0.2) is 29.5 Å². The maximum absolute atomic E-state index is 7.89. The Morgan fingerprint density at radius 2 is 2.10 bits per heavy atom. The summed E-state index contributed by atoms with van der Waals surface area (Å²) in [5.41, 5.74) is 0.529. The molecule has 0 amide bonds. The van der Waals surface area contributed by atoms with Crippen LogP contribution in [0.25, 0.3) is 0 Å². The largest absolute Gasteiger partial charge is 0.299 e. The van der Waals surface area contributed by atoms with E-state index in [1.54, 1.807) is 24.3 Å². The number of rotatable bonds is 1. The van der Waals surface area contributed by atoms with E-state index in [4.69, 9.17) is 10.7 Å². The predicted octanol–water partition coefficient (Wildman–Crippen LogP) is 0.978. The summed E-state index contributed by atoms with van der Waals surface area (Å²) in [5.74, 6) is 0. The Labute approximate surface area is 57.6 Å². The average molecular weight is 138 g/mol. The van der Waals surface area contributed by atoms with Gasteiger partial charge in [0.1, 0.15) is 5.71 Å². The summed E-state index contributed by atoms with van der Waals surface area (Å²) in [7, 11) is 0. The third-order valence-corrected chi connectivity index (χ3v) is 1.04. The second-order valence-electron chi connectivity index (χ2n) is 1.69. The van der Waals surface area contributed by atoms with Gasteiger partial charge in [0.15, 0.2) is 0 Å². The molecule has 0 heterocycles. The van der Waals surface area contributed by atoms with Crippen molar-refractivity contribution in [3.8, 4) is 0 Å². The molecule has 1 rings (SSSR count). The van der Waals surface area contributed by atoms with E-state index in [0.29, 0.717) is 5.71 Å². The Morgan fingerprint density at radius 3 is 2.70 bits per heavy atom. The summed E-state index contributed by atoms with van der Waals surface area (Å²) < 4.78 is 0. The number of nitrogens with zero attached hydrogens (tertiary/aromatic N) is 1. The zero-order valence-corrected chi connectivity index (χ0v) is 5.11. The van der Waals surface area contributed by atoms with Crippen molar-refractivity contribution < 1.29 is 10.2 Å². The fraction of sp³-hybridized carbons (Fsp3) is 0. The van der Waals surface area contributed by atoms with Gasteiger partial charge in [0.05, 0.1) is 5.71 Å². The Bertz CT molecular complexity index is 228. The van der Waals surface area contributed by atoms with Crippen LogP contribution in [0.4, 0.5) is 0 Å². The number of allylic oxidation sites excluding steroid dienone is 4. The maximum Gasteiger partial charge on any atom is 0.131 e. The summed E-state index contributed by atoms with van der Waals surface area (Å²) in [6.45, 7) is 0. The highest BCUT2D eigenvalue weighted by atomic mass is 17.2. The van der Waals surface area contributed by atoms with Gasteiger partial charge in [-0.15, -0.1) is 0 Å². The van der Waals surface area contributed by atoms with E-state index in [9.17, 15) is 0 Å². The van der Waals surface area contributed by atoms with Crippen LogP contribution in [0.3, 0.4) is 0 Å². The lowest BCUT2D eigenvalue weighted by Gasteiger charge is -1.98. The highest BCUT2D eigenvalue weighted by molar-refractivity contribution is 6.49. The van der Waals surface area contributed by atoms with Gasteiger partial charge in [-0.2, -0.15) is 5.26 Å². The van der Waals surface area contributed by atoms with E-state index in [0.717, 1.165) is 0 Å². The molecule has 4 nitrogen and oxygen atoms in total. The predicted molar refractivity (Wildman–Crippen MR) is 37.2 cm³/mol. The van der Waals surface area contributed by atoms with Gasteiger partial charge < -0.3 is 0 Å². The standard InChI is InChI=1S/C6H6N2O2/c7-5-3-1-2-4-6(5)8-10-9/h1-4,7,9H/b7-5?,8-6-. The monoisotopic (exact) mass is 138 g/mol. The van der Waals surface area contributed by atoms with Crippen molar-refractivity contribution in [1.82, 2.24) is 0 Å². The van der Waals surface area contributed by atoms with Gasteiger partial charge >= 0.3 is 0 Å². The molecule has 4 heteroatoms. The van der Waals surface area contributed by atoms with Crippen molar-refractivity contribution >= 4 is 11.4 Å². The first-order valence-electron chi connectivity index (χ1n) is 2.67. The molecule has 0 aromatic rings. The smallest absolute Gasteiger partial charge is 0.131 e. The number of hydrogen-bond donors (Lipinski definition) is 2. The minimum atomic E-state index is 0.219. The van der Waals surface area contributed by atoms with Crippen LogP contribution in [0.2, 0.25) is 0 Å². The molecule has 0 aromatic heterocycles. The summed E-state index contributed by atoms with van der Waals surface area (Å²) in [6, 6.07) is 0. The van der Waals surface area contributed by atoms with Crippen molar-refractivity contribution in [3.05, 3.63) is 24.3 Å². The molecule has 0 spiro atoms. The molecular formula is C6H6N2O2. The Balaban J connectivity index is 2.80. The minimum absolute atomic E-state index is 0.219. The van der Waals surface area contributed by atoms with Crippen LogP contribution in [-0.4, -0.2) is 16.7 Å². The lowest BCUT2D eigenvalue weighted by atomic mass is 10.1. The molecule has 0 saturated heterocycles. The number of oxime groups is 1. The lowest BCUT2D eigenvalue weighted by molar-refractivity contribution is -0.242. The number of nitrogens with one attached hydrogen (secondary N) is 1. The van der Waals surface area contributed by atoms with Gasteiger partial charge in [-0.25, -0.2) is 4.99 Å². The molecule has 0 aromatic carbocycles. The lowest BCUT2D eigenvalue weighted by Crippen LogP contribution is -2.09. The summed E-state index contributed by atoms with van der Waals surface area (Å²) in [4.78, 5) is 3.51. The summed E-state index contributed by atoms with van der Waals surface area (Å²) in [5, 5.41) is 18.3. The highest BCUT2D eigenvalue weighted by Crippen LogP contribution is 1.95. The van der Waals surface area contributed by atoms with Crippen molar-refractivity contribution in [2.24, 2.45) is 5.16 Å². The Hall–Kier alpha value is -1.42. The van der Waals surface area contributed by atoms with Gasteiger partial charge in [0, 0.05) is 0 Å². The van der Waals surface area contributed by atoms with E-state index in [1.165, 1.54) is 0 Å². The van der Waals surface area contributed by atoms with E-state index >= 15 is 0 Å². The normalized spacial score (nSPS) is 20.1. The highest BCUT2D eigenvalue weighted by Gasteiger charge is 2.02. The summed E-state index contributed by atoms with van der Waals surface area (Å²) in [6.07, 6.45) is 6.53. The zero-order chi connectivity index (χ0) is 7.40. The quantitative estimate of drug-likeness (QED) is 0.322. The fourth-order valence-corrected chi connectivity index (χ4v) is 0.597. The SMILES string of the molecule is N=C1C=CC=C/C1=N/OO. The van der Waals surface area contributed by atoms with Crippen LogP contribution in [0, 0.1) is 5.41 Å². The van der Waals surface area contributed by atoms with Gasteiger partial charge in [0.2, 0.25) is 0 Å².